The van der Waals surface area contributed by atoms with Crippen LogP contribution in [0.5, 0.6) is 0 Å². The summed E-state index contributed by atoms with van der Waals surface area (Å²) in [6.07, 6.45) is 4.77. The molecule has 0 atom stereocenters. The third-order valence-electron chi connectivity index (χ3n) is 2.94. The van der Waals surface area contributed by atoms with Gasteiger partial charge in [-0.15, -0.1) is 0 Å². The van der Waals surface area contributed by atoms with Crippen LogP contribution in [0.3, 0.4) is 0 Å². The number of carbonyl (C=O) groups excluding carboxylic acids is 1. The van der Waals surface area contributed by atoms with E-state index in [1.54, 1.807) is 0 Å². The van der Waals surface area contributed by atoms with Crippen LogP contribution in [0.25, 0.3) is 0 Å². The SMILES string of the molecule is CC(C)(C)CNC(=O)C(C)(C)C/C=C/COCC(C)(C)C. The van der Waals surface area contributed by atoms with Gasteiger partial charge in [-0.1, -0.05) is 67.5 Å². The molecule has 0 aromatic heterocycles. The highest BCUT2D eigenvalue weighted by atomic mass is 16.5. The van der Waals surface area contributed by atoms with Gasteiger partial charge in [-0.05, 0) is 17.3 Å². The van der Waals surface area contributed by atoms with E-state index in [1.165, 1.54) is 0 Å². The van der Waals surface area contributed by atoms with Gasteiger partial charge in [0.05, 0.1) is 13.2 Å². The van der Waals surface area contributed by atoms with Crippen LogP contribution in [0, 0.1) is 16.2 Å². The van der Waals surface area contributed by atoms with Gasteiger partial charge in [-0.3, -0.25) is 4.79 Å². The monoisotopic (exact) mass is 297 g/mol. The van der Waals surface area contributed by atoms with Crippen LogP contribution in [-0.2, 0) is 9.53 Å². The molecule has 0 aliphatic carbocycles. The smallest absolute Gasteiger partial charge is 0.225 e. The minimum Gasteiger partial charge on any atom is -0.377 e. The van der Waals surface area contributed by atoms with Gasteiger partial charge in [0.15, 0.2) is 0 Å². The van der Waals surface area contributed by atoms with Crippen LogP contribution in [0.1, 0.15) is 61.8 Å². The maximum Gasteiger partial charge on any atom is 0.225 e. The third kappa shape index (κ3) is 11.5. The molecular weight excluding hydrogens is 262 g/mol. The molecule has 0 saturated carbocycles. The van der Waals surface area contributed by atoms with Crippen molar-refractivity contribution in [3.05, 3.63) is 12.2 Å². The highest BCUT2D eigenvalue weighted by Gasteiger charge is 2.26. The molecule has 3 heteroatoms. The number of hydrogen-bond donors (Lipinski definition) is 1. The topological polar surface area (TPSA) is 38.3 Å². The van der Waals surface area contributed by atoms with Crippen LogP contribution in [0.2, 0.25) is 0 Å². The molecule has 0 radical (unpaired) electrons. The Labute approximate surface area is 131 Å². The van der Waals surface area contributed by atoms with Crippen molar-refractivity contribution in [2.45, 2.75) is 61.8 Å². The molecule has 1 N–H and O–H groups in total. The van der Waals surface area contributed by atoms with Crippen molar-refractivity contribution in [1.82, 2.24) is 5.32 Å². The molecule has 0 aromatic carbocycles. The normalized spacial score (nSPS) is 13.7. The lowest BCUT2D eigenvalue weighted by Gasteiger charge is -2.25. The van der Waals surface area contributed by atoms with Crippen LogP contribution in [-0.4, -0.2) is 25.7 Å². The second-order valence-corrected chi connectivity index (χ2v) is 8.88. The van der Waals surface area contributed by atoms with E-state index in [0.29, 0.717) is 13.2 Å². The summed E-state index contributed by atoms with van der Waals surface area (Å²) >= 11 is 0. The third-order valence-corrected chi connectivity index (χ3v) is 2.94. The van der Waals surface area contributed by atoms with E-state index in [9.17, 15) is 4.79 Å². The molecule has 0 heterocycles. The van der Waals surface area contributed by atoms with E-state index in [2.05, 4.69) is 46.9 Å². The molecular formula is C18H35NO2. The zero-order valence-corrected chi connectivity index (χ0v) is 15.3. The number of allylic oxidation sites excluding steroid dienone is 1. The van der Waals surface area contributed by atoms with Gasteiger partial charge in [-0.25, -0.2) is 0 Å². The summed E-state index contributed by atoms with van der Waals surface area (Å²) in [5, 5.41) is 3.03. The van der Waals surface area contributed by atoms with Gasteiger partial charge in [0, 0.05) is 12.0 Å². The Bertz CT molecular complexity index is 343. The van der Waals surface area contributed by atoms with E-state index < -0.39 is 0 Å². The number of rotatable bonds is 7. The van der Waals surface area contributed by atoms with Crippen molar-refractivity contribution >= 4 is 5.91 Å². The van der Waals surface area contributed by atoms with Gasteiger partial charge in [0.2, 0.25) is 5.91 Å². The Morgan fingerprint density at radius 2 is 1.52 bits per heavy atom. The van der Waals surface area contributed by atoms with Crippen molar-refractivity contribution < 1.29 is 9.53 Å². The number of carbonyl (C=O) groups is 1. The first-order chi connectivity index (χ1) is 9.33. The minimum absolute atomic E-state index is 0.109. The molecule has 1 amide bonds. The van der Waals surface area contributed by atoms with Crippen LogP contribution in [0.4, 0.5) is 0 Å². The molecule has 0 rings (SSSR count). The van der Waals surface area contributed by atoms with Gasteiger partial charge in [-0.2, -0.15) is 0 Å². The summed E-state index contributed by atoms with van der Waals surface area (Å²) in [5.41, 5.74) is -0.0753. The largest absolute Gasteiger partial charge is 0.377 e. The molecule has 0 fully saturated rings. The molecule has 124 valence electrons. The summed E-state index contributed by atoms with van der Waals surface area (Å²) in [5.74, 6) is 0.109. The van der Waals surface area contributed by atoms with E-state index in [1.807, 2.05) is 26.0 Å². The molecule has 0 aliphatic heterocycles. The number of nitrogens with one attached hydrogen (secondary N) is 1. The summed E-state index contributed by atoms with van der Waals surface area (Å²) in [7, 11) is 0. The maximum absolute atomic E-state index is 12.2. The fraction of sp³-hybridized carbons (Fsp3) is 0.833. The lowest BCUT2D eigenvalue weighted by molar-refractivity contribution is -0.129. The number of ether oxygens (including phenoxy) is 1. The van der Waals surface area contributed by atoms with Crippen LogP contribution in [0.15, 0.2) is 12.2 Å². The first-order valence-electron chi connectivity index (χ1n) is 7.85. The average Bonchev–Trinajstić information content (AvgIpc) is 2.28. The van der Waals surface area contributed by atoms with Crippen molar-refractivity contribution in [1.29, 1.82) is 0 Å². The van der Waals surface area contributed by atoms with Gasteiger partial charge in [0.1, 0.15) is 0 Å². The maximum atomic E-state index is 12.2. The second-order valence-electron chi connectivity index (χ2n) is 8.88. The molecule has 0 bridgehead atoms. The lowest BCUT2D eigenvalue weighted by Crippen LogP contribution is -2.40. The Balaban J connectivity index is 4.08. The first-order valence-corrected chi connectivity index (χ1v) is 7.85. The zero-order chi connectivity index (χ0) is 16.7. The highest BCUT2D eigenvalue weighted by molar-refractivity contribution is 5.81. The fourth-order valence-electron chi connectivity index (χ4n) is 1.56. The standard InChI is InChI=1S/C18H35NO2/c1-16(2,3)13-19-15(20)18(7,8)11-9-10-12-21-14-17(4,5)6/h9-10H,11-14H2,1-8H3,(H,19,20)/b10-9+. The molecule has 0 unspecified atom stereocenters. The molecule has 0 aromatic rings. The molecule has 21 heavy (non-hydrogen) atoms. The summed E-state index contributed by atoms with van der Waals surface area (Å²) in [4.78, 5) is 12.2. The summed E-state index contributed by atoms with van der Waals surface area (Å²) in [6.45, 7) is 18.8. The second kappa shape index (κ2) is 7.98. The highest BCUT2D eigenvalue weighted by Crippen LogP contribution is 2.22. The van der Waals surface area contributed by atoms with Crippen LogP contribution < -0.4 is 5.32 Å². The first kappa shape index (κ1) is 20.2. The molecule has 0 aliphatic rings. The van der Waals surface area contributed by atoms with Crippen molar-refractivity contribution in [2.75, 3.05) is 19.8 Å². The van der Waals surface area contributed by atoms with Gasteiger partial charge in [0.25, 0.3) is 0 Å². The van der Waals surface area contributed by atoms with Crippen LogP contribution >= 0.6 is 0 Å². The van der Waals surface area contributed by atoms with E-state index in [0.717, 1.165) is 13.0 Å². The molecule has 3 nitrogen and oxygen atoms in total. The lowest BCUT2D eigenvalue weighted by atomic mass is 9.87. The average molecular weight is 297 g/mol. The van der Waals surface area contributed by atoms with Crippen molar-refractivity contribution in [2.24, 2.45) is 16.2 Å². The van der Waals surface area contributed by atoms with Gasteiger partial charge >= 0.3 is 0 Å². The van der Waals surface area contributed by atoms with E-state index >= 15 is 0 Å². The summed E-state index contributed by atoms with van der Waals surface area (Å²) < 4.78 is 5.58. The Morgan fingerprint density at radius 1 is 0.952 bits per heavy atom. The molecule has 0 saturated heterocycles. The van der Waals surface area contributed by atoms with E-state index in [-0.39, 0.29) is 22.2 Å². The zero-order valence-electron chi connectivity index (χ0n) is 15.3. The number of amides is 1. The predicted octanol–water partition coefficient (Wildman–Crippen LogP) is 4.18. The predicted molar refractivity (Wildman–Crippen MR) is 90.3 cm³/mol. The Kier molecular flexibility index (Phi) is 7.66. The molecule has 0 spiro atoms. The quantitative estimate of drug-likeness (QED) is 0.565. The Morgan fingerprint density at radius 3 is 2.00 bits per heavy atom. The van der Waals surface area contributed by atoms with Crippen molar-refractivity contribution in [3.8, 4) is 0 Å². The van der Waals surface area contributed by atoms with E-state index in [4.69, 9.17) is 4.74 Å². The minimum atomic E-state index is -0.383. The number of hydrogen-bond acceptors (Lipinski definition) is 2. The summed E-state index contributed by atoms with van der Waals surface area (Å²) in [6, 6.07) is 0. The Hall–Kier alpha value is -0.830. The van der Waals surface area contributed by atoms with Crippen molar-refractivity contribution in [3.63, 3.8) is 0 Å². The fourth-order valence-corrected chi connectivity index (χ4v) is 1.56. The van der Waals surface area contributed by atoms with Gasteiger partial charge < -0.3 is 10.1 Å².